The van der Waals surface area contributed by atoms with E-state index >= 15 is 0 Å². The van der Waals surface area contributed by atoms with Crippen LogP contribution in [0.4, 0.5) is 4.39 Å². The smallest absolute Gasteiger partial charge is 0.250 e. The zero-order valence-electron chi connectivity index (χ0n) is 9.88. The van der Waals surface area contributed by atoms with Gasteiger partial charge < -0.3 is 4.42 Å². The van der Waals surface area contributed by atoms with Gasteiger partial charge in [0.15, 0.2) is 0 Å². The lowest BCUT2D eigenvalue weighted by molar-refractivity contribution is -0.118. The summed E-state index contributed by atoms with van der Waals surface area (Å²) >= 11 is 1.12. The highest BCUT2D eigenvalue weighted by atomic mass is 32.2. The predicted molar refractivity (Wildman–Crippen MR) is 71.6 cm³/mol. The number of hydrogen-bond donors (Lipinski definition) is 1. The van der Waals surface area contributed by atoms with Crippen molar-refractivity contribution in [1.29, 1.82) is 0 Å². The van der Waals surface area contributed by atoms with Crippen LogP contribution in [0.1, 0.15) is 5.76 Å². The molecule has 1 aromatic heterocycles. The summed E-state index contributed by atoms with van der Waals surface area (Å²) in [7, 11) is 0. The van der Waals surface area contributed by atoms with Crippen molar-refractivity contribution in [2.75, 3.05) is 5.75 Å². The van der Waals surface area contributed by atoms with E-state index in [1.807, 2.05) is 0 Å². The second-order valence-corrected chi connectivity index (χ2v) is 4.54. The van der Waals surface area contributed by atoms with E-state index < -0.39 is 0 Å². The van der Waals surface area contributed by atoms with Gasteiger partial charge in [0.2, 0.25) is 5.91 Å². The molecule has 0 radical (unpaired) electrons. The van der Waals surface area contributed by atoms with Crippen LogP contribution in [0.3, 0.4) is 0 Å². The monoisotopic (exact) mass is 278 g/mol. The fourth-order valence-electron chi connectivity index (χ4n) is 1.27. The Labute approximate surface area is 113 Å². The average Bonchev–Trinajstić information content (AvgIpc) is 2.91. The highest BCUT2D eigenvalue weighted by Crippen LogP contribution is 2.20. The van der Waals surface area contributed by atoms with E-state index in [9.17, 15) is 9.18 Å². The van der Waals surface area contributed by atoms with E-state index in [0.717, 1.165) is 11.8 Å². The summed E-state index contributed by atoms with van der Waals surface area (Å²) in [6.07, 6.45) is 2.91. The summed E-state index contributed by atoms with van der Waals surface area (Å²) in [5, 5.41) is 3.72. The van der Waals surface area contributed by atoms with Gasteiger partial charge in [0, 0.05) is 4.90 Å². The summed E-state index contributed by atoms with van der Waals surface area (Å²) in [6, 6.07) is 9.74. The molecule has 1 heterocycles. The first kappa shape index (κ1) is 13.4. The molecule has 0 aliphatic heterocycles. The molecule has 1 N–H and O–H groups in total. The van der Waals surface area contributed by atoms with Gasteiger partial charge in [-0.2, -0.15) is 5.10 Å². The Morgan fingerprint density at radius 3 is 2.95 bits per heavy atom. The summed E-state index contributed by atoms with van der Waals surface area (Å²) in [5.41, 5.74) is 2.34. The normalized spacial score (nSPS) is 10.8. The van der Waals surface area contributed by atoms with Crippen molar-refractivity contribution in [2.45, 2.75) is 4.90 Å². The van der Waals surface area contributed by atoms with Crippen LogP contribution in [0, 0.1) is 5.82 Å². The van der Waals surface area contributed by atoms with Crippen molar-refractivity contribution >= 4 is 23.9 Å². The lowest BCUT2D eigenvalue weighted by Gasteiger charge is -2.01. The molecule has 1 amide bonds. The Morgan fingerprint density at radius 2 is 2.21 bits per heavy atom. The number of hydrazone groups is 1. The highest BCUT2D eigenvalue weighted by Gasteiger charge is 2.05. The summed E-state index contributed by atoms with van der Waals surface area (Å²) in [5.74, 6) is -0.00586. The van der Waals surface area contributed by atoms with Gasteiger partial charge in [-0.25, -0.2) is 9.82 Å². The Balaban J connectivity index is 1.78. The van der Waals surface area contributed by atoms with E-state index in [1.54, 1.807) is 30.3 Å². The van der Waals surface area contributed by atoms with Gasteiger partial charge in [0.1, 0.15) is 11.6 Å². The van der Waals surface area contributed by atoms with Gasteiger partial charge in [0.25, 0.3) is 0 Å². The number of nitrogens with zero attached hydrogens (tertiary/aromatic N) is 1. The molecule has 0 saturated heterocycles. The first-order valence-corrected chi connectivity index (χ1v) is 6.47. The van der Waals surface area contributed by atoms with Gasteiger partial charge >= 0.3 is 0 Å². The van der Waals surface area contributed by atoms with Crippen LogP contribution in [-0.2, 0) is 4.79 Å². The number of furan rings is 1. The van der Waals surface area contributed by atoms with E-state index in [2.05, 4.69) is 10.5 Å². The van der Waals surface area contributed by atoms with Crippen LogP contribution in [0.15, 0.2) is 57.1 Å². The number of carbonyl (C=O) groups is 1. The Hall–Kier alpha value is -2.08. The molecule has 2 rings (SSSR count). The standard InChI is InChI=1S/C13H11FN2O2S/c14-11-5-1-2-6-12(11)19-9-13(17)16-15-8-10-4-3-7-18-10/h1-8H,9H2,(H,16,17)/b15-8-. The molecule has 0 bridgehead atoms. The summed E-state index contributed by atoms with van der Waals surface area (Å²) < 4.78 is 18.3. The lowest BCUT2D eigenvalue weighted by atomic mass is 10.3. The molecule has 0 aliphatic carbocycles. The third-order valence-corrected chi connectivity index (χ3v) is 3.17. The molecule has 0 saturated carbocycles. The number of rotatable bonds is 5. The molecule has 0 atom stereocenters. The van der Waals surface area contributed by atoms with Crippen molar-refractivity contribution < 1.29 is 13.6 Å². The van der Waals surface area contributed by atoms with Crippen LogP contribution in [0.5, 0.6) is 0 Å². The molecule has 0 fully saturated rings. The number of halogens is 1. The predicted octanol–water partition coefficient (Wildman–Crippen LogP) is 2.66. The number of amides is 1. The van der Waals surface area contributed by atoms with Gasteiger partial charge in [-0.1, -0.05) is 12.1 Å². The highest BCUT2D eigenvalue weighted by molar-refractivity contribution is 8.00. The second kappa shape index (κ2) is 6.75. The van der Waals surface area contributed by atoms with Crippen molar-refractivity contribution in [3.63, 3.8) is 0 Å². The van der Waals surface area contributed by atoms with Gasteiger partial charge in [-0.3, -0.25) is 4.79 Å². The molecule has 0 unspecified atom stereocenters. The Kier molecular flexibility index (Phi) is 4.74. The number of thioether (sulfide) groups is 1. The van der Waals surface area contributed by atoms with Gasteiger partial charge in [-0.05, 0) is 24.3 Å². The molecule has 1 aromatic carbocycles. The zero-order valence-corrected chi connectivity index (χ0v) is 10.7. The summed E-state index contributed by atoms with van der Waals surface area (Å²) in [4.78, 5) is 11.9. The van der Waals surface area contributed by atoms with Crippen LogP contribution < -0.4 is 5.43 Å². The molecular weight excluding hydrogens is 267 g/mol. The van der Waals surface area contributed by atoms with Crippen molar-refractivity contribution in [1.82, 2.24) is 5.43 Å². The summed E-state index contributed by atoms with van der Waals surface area (Å²) in [6.45, 7) is 0. The minimum atomic E-state index is -0.334. The number of nitrogens with one attached hydrogen (secondary N) is 1. The minimum absolute atomic E-state index is 0.0937. The van der Waals surface area contributed by atoms with Crippen LogP contribution >= 0.6 is 11.8 Å². The molecule has 98 valence electrons. The maximum Gasteiger partial charge on any atom is 0.250 e. The van der Waals surface area contributed by atoms with Crippen LogP contribution in [-0.4, -0.2) is 17.9 Å². The van der Waals surface area contributed by atoms with Gasteiger partial charge in [-0.15, -0.1) is 11.8 Å². The number of benzene rings is 1. The van der Waals surface area contributed by atoms with E-state index in [0.29, 0.717) is 10.7 Å². The Morgan fingerprint density at radius 1 is 1.37 bits per heavy atom. The maximum atomic E-state index is 13.3. The molecule has 6 heteroatoms. The van der Waals surface area contributed by atoms with Gasteiger partial charge in [0.05, 0.1) is 18.2 Å². The molecule has 19 heavy (non-hydrogen) atoms. The fraction of sp³-hybridized carbons (Fsp3) is 0.0769. The largest absolute Gasteiger partial charge is 0.463 e. The third-order valence-electron chi connectivity index (χ3n) is 2.12. The molecule has 2 aromatic rings. The van der Waals surface area contributed by atoms with Crippen molar-refractivity contribution in [3.05, 3.63) is 54.2 Å². The van der Waals surface area contributed by atoms with Crippen molar-refractivity contribution in [2.24, 2.45) is 5.10 Å². The van der Waals surface area contributed by atoms with E-state index in [1.165, 1.54) is 18.5 Å². The Bertz CT molecular complexity index is 570. The number of carbonyl (C=O) groups excluding carboxylic acids is 1. The van der Waals surface area contributed by atoms with Crippen LogP contribution in [0.25, 0.3) is 0 Å². The first-order chi connectivity index (χ1) is 9.25. The topological polar surface area (TPSA) is 54.6 Å². The molecule has 0 spiro atoms. The zero-order chi connectivity index (χ0) is 13.5. The maximum absolute atomic E-state index is 13.3. The first-order valence-electron chi connectivity index (χ1n) is 5.48. The molecular formula is C13H11FN2O2S. The second-order valence-electron chi connectivity index (χ2n) is 3.53. The van der Waals surface area contributed by atoms with Crippen molar-refractivity contribution in [3.8, 4) is 0 Å². The number of hydrogen-bond acceptors (Lipinski definition) is 4. The average molecular weight is 278 g/mol. The lowest BCUT2D eigenvalue weighted by Crippen LogP contribution is -2.19. The van der Waals surface area contributed by atoms with Crippen LogP contribution in [0.2, 0.25) is 0 Å². The SMILES string of the molecule is O=C(CSc1ccccc1F)N/N=C\c1ccco1. The fourth-order valence-corrected chi connectivity index (χ4v) is 2.00. The minimum Gasteiger partial charge on any atom is -0.463 e. The quantitative estimate of drug-likeness (QED) is 0.519. The third kappa shape index (κ3) is 4.26. The van der Waals surface area contributed by atoms with E-state index in [4.69, 9.17) is 4.42 Å². The molecule has 4 nitrogen and oxygen atoms in total. The van der Waals surface area contributed by atoms with E-state index in [-0.39, 0.29) is 17.5 Å². The molecule has 0 aliphatic rings.